The molecule has 0 bridgehead atoms. The van der Waals surface area contributed by atoms with E-state index in [1.54, 1.807) is 13.1 Å². The lowest BCUT2D eigenvalue weighted by Crippen LogP contribution is -2.20. The summed E-state index contributed by atoms with van der Waals surface area (Å²) in [7, 11) is 0. The predicted octanol–water partition coefficient (Wildman–Crippen LogP) is 5.35. The van der Waals surface area contributed by atoms with E-state index in [-0.39, 0.29) is 17.6 Å². The predicted molar refractivity (Wildman–Crippen MR) is 119 cm³/mol. The largest absolute Gasteiger partial charge is 0.457 e. The molecule has 160 valence electrons. The molecule has 2 aromatic heterocycles. The topological polar surface area (TPSA) is 79.9 Å². The molecule has 4 aromatic rings. The number of hydrogen-bond acceptors (Lipinski definition) is 4. The van der Waals surface area contributed by atoms with Crippen molar-refractivity contribution in [2.24, 2.45) is 0 Å². The number of ether oxygens (including phenoxy) is 1. The number of nitrogens with zero attached hydrogens (tertiary/aromatic N) is 2. The molecule has 1 saturated carbocycles. The Morgan fingerprint density at radius 2 is 2.03 bits per heavy atom. The Balaban J connectivity index is 1.23. The summed E-state index contributed by atoms with van der Waals surface area (Å²) in [5, 5.41) is 2.80. The van der Waals surface area contributed by atoms with Gasteiger partial charge in [0.15, 0.2) is 0 Å². The third kappa shape index (κ3) is 3.30. The number of fused-ring (bicyclic) bond motifs is 2. The Bertz CT molecular complexity index is 1340. The number of rotatable bonds is 4. The van der Waals surface area contributed by atoms with Gasteiger partial charge in [-0.05, 0) is 61.1 Å². The van der Waals surface area contributed by atoms with Gasteiger partial charge in [0.1, 0.15) is 29.0 Å². The number of aromatic nitrogens is 3. The first kappa shape index (κ1) is 19.0. The SMILES string of the molecule is Cc1cc2[nH]c([C@@H]3C[C@H]3c3cccc(Oc4ccnc5c4CCC(=O)N5)c3)nc2cc1F. The van der Waals surface area contributed by atoms with E-state index in [1.807, 2.05) is 24.3 Å². The molecule has 7 heteroatoms. The Hall–Kier alpha value is -3.74. The van der Waals surface area contributed by atoms with Gasteiger partial charge in [0.25, 0.3) is 0 Å². The first-order chi connectivity index (χ1) is 15.5. The van der Waals surface area contributed by atoms with Gasteiger partial charge >= 0.3 is 0 Å². The molecule has 1 fully saturated rings. The van der Waals surface area contributed by atoms with Gasteiger partial charge in [0.2, 0.25) is 5.91 Å². The molecule has 2 N–H and O–H groups in total. The molecule has 1 amide bonds. The number of carbonyl (C=O) groups is 1. The molecular weight excluding hydrogens is 407 g/mol. The van der Waals surface area contributed by atoms with Crippen LogP contribution in [0.3, 0.4) is 0 Å². The third-order valence-electron chi connectivity index (χ3n) is 6.31. The quantitative estimate of drug-likeness (QED) is 0.459. The summed E-state index contributed by atoms with van der Waals surface area (Å²) in [6, 6.07) is 13.2. The second-order valence-electron chi connectivity index (χ2n) is 8.55. The minimum Gasteiger partial charge on any atom is -0.457 e. The molecule has 6 rings (SSSR count). The van der Waals surface area contributed by atoms with Gasteiger partial charge in [0, 0.05) is 30.2 Å². The van der Waals surface area contributed by atoms with Crippen LogP contribution in [0.15, 0.2) is 48.7 Å². The number of nitrogens with one attached hydrogen (secondary N) is 2. The molecule has 0 unspecified atom stereocenters. The van der Waals surface area contributed by atoms with Crippen molar-refractivity contribution in [3.63, 3.8) is 0 Å². The first-order valence-corrected chi connectivity index (χ1v) is 10.8. The summed E-state index contributed by atoms with van der Waals surface area (Å²) in [5.74, 6) is 3.32. The number of H-pyrrole nitrogens is 1. The zero-order valence-corrected chi connectivity index (χ0v) is 17.5. The molecule has 1 aliphatic carbocycles. The minimum atomic E-state index is -0.231. The lowest BCUT2D eigenvalue weighted by atomic mass is 10.1. The number of halogens is 1. The van der Waals surface area contributed by atoms with Gasteiger partial charge in [-0.2, -0.15) is 0 Å². The van der Waals surface area contributed by atoms with Crippen LogP contribution < -0.4 is 10.1 Å². The number of aryl methyl sites for hydroxylation is 1. The fourth-order valence-corrected chi connectivity index (χ4v) is 4.49. The molecular formula is C25H21FN4O2. The Morgan fingerprint density at radius 1 is 1.12 bits per heavy atom. The summed E-state index contributed by atoms with van der Waals surface area (Å²) in [4.78, 5) is 23.9. The fourth-order valence-electron chi connectivity index (χ4n) is 4.49. The number of benzene rings is 2. The Morgan fingerprint density at radius 3 is 2.94 bits per heavy atom. The van der Waals surface area contributed by atoms with Crippen LogP contribution in [0.5, 0.6) is 11.5 Å². The van der Waals surface area contributed by atoms with Gasteiger partial charge in [-0.3, -0.25) is 4.79 Å². The lowest BCUT2D eigenvalue weighted by Gasteiger charge is -2.19. The van der Waals surface area contributed by atoms with Gasteiger partial charge in [-0.25, -0.2) is 14.4 Å². The van der Waals surface area contributed by atoms with Gasteiger partial charge in [-0.1, -0.05) is 12.1 Å². The van der Waals surface area contributed by atoms with E-state index in [0.29, 0.717) is 41.4 Å². The van der Waals surface area contributed by atoms with Crippen LogP contribution in [0, 0.1) is 12.7 Å². The first-order valence-electron chi connectivity index (χ1n) is 10.8. The summed E-state index contributed by atoms with van der Waals surface area (Å²) < 4.78 is 20.1. The third-order valence-corrected chi connectivity index (χ3v) is 6.31. The van der Waals surface area contributed by atoms with Crippen LogP contribution in [0.1, 0.15) is 47.2 Å². The minimum absolute atomic E-state index is 0.0209. The number of pyridine rings is 1. The van der Waals surface area contributed by atoms with E-state index in [2.05, 4.69) is 32.4 Å². The van der Waals surface area contributed by atoms with Gasteiger partial charge in [-0.15, -0.1) is 0 Å². The molecule has 3 heterocycles. The second-order valence-corrected chi connectivity index (χ2v) is 8.55. The molecule has 0 radical (unpaired) electrons. The average Bonchev–Trinajstić information content (AvgIpc) is 3.48. The van der Waals surface area contributed by atoms with Crippen molar-refractivity contribution >= 4 is 22.8 Å². The van der Waals surface area contributed by atoms with Gasteiger partial charge < -0.3 is 15.0 Å². The molecule has 1 aliphatic heterocycles. The summed E-state index contributed by atoms with van der Waals surface area (Å²) in [5.41, 5.74) is 4.26. The molecule has 0 spiro atoms. The summed E-state index contributed by atoms with van der Waals surface area (Å²) >= 11 is 0. The number of imidazole rings is 1. The smallest absolute Gasteiger partial charge is 0.225 e. The highest BCUT2D eigenvalue weighted by molar-refractivity contribution is 5.93. The van der Waals surface area contributed by atoms with Crippen molar-refractivity contribution < 1.29 is 13.9 Å². The fraction of sp³-hybridized carbons (Fsp3) is 0.240. The van der Waals surface area contributed by atoms with Crippen LogP contribution in [-0.4, -0.2) is 20.9 Å². The maximum Gasteiger partial charge on any atom is 0.225 e. The van der Waals surface area contributed by atoms with Crippen molar-refractivity contribution in [2.75, 3.05) is 5.32 Å². The number of anilines is 1. The molecule has 0 saturated heterocycles. The summed E-state index contributed by atoms with van der Waals surface area (Å²) in [6.07, 6.45) is 3.68. The molecule has 32 heavy (non-hydrogen) atoms. The van der Waals surface area contributed by atoms with E-state index in [1.165, 1.54) is 11.6 Å². The maximum atomic E-state index is 13.9. The van der Waals surface area contributed by atoms with E-state index in [0.717, 1.165) is 29.1 Å². The van der Waals surface area contributed by atoms with E-state index < -0.39 is 0 Å². The highest BCUT2D eigenvalue weighted by atomic mass is 19.1. The van der Waals surface area contributed by atoms with Crippen LogP contribution in [0.4, 0.5) is 10.2 Å². The van der Waals surface area contributed by atoms with Crippen LogP contribution >= 0.6 is 0 Å². The second kappa shape index (κ2) is 7.15. The highest BCUT2D eigenvalue weighted by Gasteiger charge is 2.42. The van der Waals surface area contributed by atoms with E-state index >= 15 is 0 Å². The molecule has 2 atom stereocenters. The van der Waals surface area contributed by atoms with E-state index in [4.69, 9.17) is 4.74 Å². The molecule has 6 nitrogen and oxygen atoms in total. The zero-order valence-electron chi connectivity index (χ0n) is 17.5. The Labute approximate surface area is 183 Å². The molecule has 2 aliphatic rings. The van der Waals surface area contributed by atoms with Gasteiger partial charge in [0.05, 0.1) is 11.0 Å². The normalized spacial score (nSPS) is 19.5. The van der Waals surface area contributed by atoms with E-state index in [9.17, 15) is 9.18 Å². The standard InChI is InChI=1S/C25H21FN4O2/c1-13-9-20-21(12-19(13)26)29-25(28-20)18-11-17(18)14-3-2-4-15(10-14)32-22-7-8-27-24-16(22)5-6-23(31)30-24/h2-4,7-10,12,17-18H,5-6,11H2,1H3,(H,28,29)(H,27,30,31)/t17-,18+/m0/s1. The van der Waals surface area contributed by atoms with Crippen molar-refractivity contribution in [1.29, 1.82) is 0 Å². The van der Waals surface area contributed by atoms with Crippen LogP contribution in [-0.2, 0) is 11.2 Å². The Kier molecular flexibility index (Phi) is 4.24. The monoisotopic (exact) mass is 428 g/mol. The average molecular weight is 428 g/mol. The number of carbonyl (C=O) groups excluding carboxylic acids is 1. The maximum absolute atomic E-state index is 13.9. The lowest BCUT2D eigenvalue weighted by molar-refractivity contribution is -0.116. The number of hydrogen-bond donors (Lipinski definition) is 2. The number of amides is 1. The van der Waals surface area contributed by atoms with Crippen LogP contribution in [0.25, 0.3) is 11.0 Å². The van der Waals surface area contributed by atoms with Crippen molar-refractivity contribution in [3.05, 3.63) is 77.0 Å². The van der Waals surface area contributed by atoms with Crippen LogP contribution in [0.2, 0.25) is 0 Å². The van der Waals surface area contributed by atoms with Crippen molar-refractivity contribution in [2.45, 2.75) is 38.0 Å². The zero-order chi connectivity index (χ0) is 21.8. The highest BCUT2D eigenvalue weighted by Crippen LogP contribution is 2.54. The number of aromatic amines is 1. The van der Waals surface area contributed by atoms with Crippen molar-refractivity contribution in [1.82, 2.24) is 15.0 Å². The summed E-state index contributed by atoms with van der Waals surface area (Å²) in [6.45, 7) is 1.76. The van der Waals surface area contributed by atoms with Crippen molar-refractivity contribution in [3.8, 4) is 11.5 Å². The molecule has 2 aromatic carbocycles.